The van der Waals surface area contributed by atoms with Gasteiger partial charge < -0.3 is 14.2 Å². The molecule has 0 atom stereocenters. The van der Waals surface area contributed by atoms with Gasteiger partial charge in [-0.25, -0.2) is 0 Å². The van der Waals surface area contributed by atoms with E-state index in [0.717, 1.165) is 22.2 Å². The number of para-hydroxylation sites is 1. The Kier molecular flexibility index (Phi) is 9.50. The first-order valence-electron chi connectivity index (χ1n) is 11.7. The third-order valence-corrected chi connectivity index (χ3v) is 7.25. The third kappa shape index (κ3) is 7.11. The number of non-ortho nitro benzene ring substituents is 1. The van der Waals surface area contributed by atoms with Crippen molar-refractivity contribution < 1.29 is 28.7 Å². The zero-order valence-electron chi connectivity index (χ0n) is 20.6. The Morgan fingerprint density at radius 1 is 1.05 bits per heavy atom. The number of hydrogen-bond acceptors (Lipinski definition) is 8. The van der Waals surface area contributed by atoms with E-state index in [-0.39, 0.29) is 35.6 Å². The molecule has 0 aliphatic carbocycles. The Morgan fingerprint density at radius 2 is 1.79 bits per heavy atom. The van der Waals surface area contributed by atoms with Gasteiger partial charge in [0.15, 0.2) is 11.5 Å². The maximum atomic E-state index is 12.9. The summed E-state index contributed by atoms with van der Waals surface area (Å²) in [5.74, 6) is 0.941. The number of halogens is 2. The summed E-state index contributed by atoms with van der Waals surface area (Å²) in [4.78, 5) is 37.3. The minimum absolute atomic E-state index is 0.00294. The van der Waals surface area contributed by atoms with Crippen LogP contribution in [0.1, 0.15) is 18.1 Å². The molecular weight excluding hydrogens is 612 g/mol. The van der Waals surface area contributed by atoms with E-state index < -0.39 is 10.8 Å². The van der Waals surface area contributed by atoms with Crippen LogP contribution in [0.15, 0.2) is 70.0 Å². The van der Waals surface area contributed by atoms with Gasteiger partial charge in [0.1, 0.15) is 19.0 Å². The molecule has 0 spiro atoms. The van der Waals surface area contributed by atoms with Gasteiger partial charge in [-0.05, 0) is 88.2 Å². The lowest BCUT2D eigenvalue weighted by Gasteiger charge is -2.15. The van der Waals surface area contributed by atoms with E-state index in [9.17, 15) is 19.7 Å². The Hall–Kier alpha value is -3.54. The van der Waals surface area contributed by atoms with Gasteiger partial charge in [-0.1, -0.05) is 23.7 Å². The standard InChI is InChI=1S/C27H22BrClN2O7S/c1-2-36-23-14-18(13-20(28)25(23)38-16-17-7-9-19(10-8-17)31(34)35)15-24-26(32)30(27(33)39-24)11-12-37-22-6-4-3-5-21(22)29/h3-10,13-15H,2,11-12,16H2,1H3/b24-15-. The lowest BCUT2D eigenvalue weighted by Crippen LogP contribution is -2.32. The van der Waals surface area contributed by atoms with Crippen molar-refractivity contribution in [1.29, 1.82) is 0 Å². The summed E-state index contributed by atoms with van der Waals surface area (Å²) in [6.45, 7) is 2.54. The molecule has 202 valence electrons. The first-order chi connectivity index (χ1) is 18.8. The van der Waals surface area contributed by atoms with Crippen molar-refractivity contribution in [2.75, 3.05) is 19.8 Å². The van der Waals surface area contributed by atoms with Crippen molar-refractivity contribution in [2.45, 2.75) is 13.5 Å². The number of carbonyl (C=O) groups is 2. The van der Waals surface area contributed by atoms with E-state index >= 15 is 0 Å². The molecule has 39 heavy (non-hydrogen) atoms. The summed E-state index contributed by atoms with van der Waals surface area (Å²) in [6.07, 6.45) is 1.62. The fourth-order valence-electron chi connectivity index (χ4n) is 3.60. The van der Waals surface area contributed by atoms with Crippen LogP contribution in [-0.4, -0.2) is 40.7 Å². The summed E-state index contributed by atoms with van der Waals surface area (Å²) in [7, 11) is 0. The number of hydrogen-bond donors (Lipinski definition) is 0. The molecule has 2 amide bonds. The number of nitrogens with zero attached hydrogens (tertiary/aromatic N) is 2. The summed E-state index contributed by atoms with van der Waals surface area (Å²) < 4.78 is 17.9. The van der Waals surface area contributed by atoms with Crippen molar-refractivity contribution >= 4 is 62.2 Å². The van der Waals surface area contributed by atoms with Gasteiger partial charge in [-0.3, -0.25) is 24.6 Å². The molecule has 0 saturated carbocycles. The van der Waals surface area contributed by atoms with E-state index in [1.165, 1.54) is 12.1 Å². The van der Waals surface area contributed by atoms with Crippen LogP contribution < -0.4 is 14.2 Å². The van der Waals surface area contributed by atoms with E-state index in [2.05, 4.69) is 15.9 Å². The topological polar surface area (TPSA) is 108 Å². The van der Waals surface area contributed by atoms with Gasteiger partial charge in [0.2, 0.25) is 0 Å². The number of rotatable bonds is 11. The first kappa shape index (κ1) is 28.5. The minimum Gasteiger partial charge on any atom is -0.490 e. The largest absolute Gasteiger partial charge is 0.490 e. The highest BCUT2D eigenvalue weighted by molar-refractivity contribution is 9.10. The van der Waals surface area contributed by atoms with Crippen LogP contribution in [0.25, 0.3) is 6.08 Å². The lowest BCUT2D eigenvalue weighted by molar-refractivity contribution is -0.384. The number of amides is 2. The Balaban J connectivity index is 1.45. The van der Waals surface area contributed by atoms with Crippen LogP contribution in [0.3, 0.4) is 0 Å². The van der Waals surface area contributed by atoms with Gasteiger partial charge in [0.25, 0.3) is 16.8 Å². The van der Waals surface area contributed by atoms with E-state index in [4.69, 9.17) is 25.8 Å². The quantitative estimate of drug-likeness (QED) is 0.125. The van der Waals surface area contributed by atoms with Gasteiger partial charge in [-0.2, -0.15) is 0 Å². The normalized spacial score (nSPS) is 14.1. The molecule has 0 radical (unpaired) electrons. The molecule has 0 N–H and O–H groups in total. The summed E-state index contributed by atoms with van der Waals surface area (Å²) in [5, 5.41) is 10.9. The predicted molar refractivity (Wildman–Crippen MR) is 152 cm³/mol. The Morgan fingerprint density at radius 3 is 2.49 bits per heavy atom. The second kappa shape index (κ2) is 13.0. The average Bonchev–Trinajstić information content (AvgIpc) is 3.17. The minimum atomic E-state index is -0.462. The molecular formula is C27H22BrClN2O7S. The molecule has 0 unspecified atom stereocenters. The first-order valence-corrected chi connectivity index (χ1v) is 13.7. The van der Waals surface area contributed by atoms with E-state index in [1.54, 1.807) is 54.6 Å². The number of carbonyl (C=O) groups excluding carboxylic acids is 2. The van der Waals surface area contributed by atoms with Crippen LogP contribution in [-0.2, 0) is 11.4 Å². The molecule has 9 nitrogen and oxygen atoms in total. The van der Waals surface area contributed by atoms with Gasteiger partial charge in [0, 0.05) is 12.1 Å². The summed E-state index contributed by atoms with van der Waals surface area (Å²) >= 11 is 10.4. The lowest BCUT2D eigenvalue weighted by atomic mass is 10.1. The zero-order chi connectivity index (χ0) is 27.9. The molecule has 4 rings (SSSR count). The number of benzene rings is 3. The Labute approximate surface area is 242 Å². The van der Waals surface area contributed by atoms with Crippen molar-refractivity contribution in [3.8, 4) is 17.2 Å². The summed E-state index contributed by atoms with van der Waals surface area (Å²) in [6, 6.07) is 16.5. The van der Waals surface area contributed by atoms with Crippen molar-refractivity contribution in [2.24, 2.45) is 0 Å². The molecule has 1 aliphatic rings. The van der Waals surface area contributed by atoms with Crippen LogP contribution in [0.2, 0.25) is 5.02 Å². The number of nitro benzene ring substituents is 1. The second-order valence-electron chi connectivity index (χ2n) is 8.09. The maximum absolute atomic E-state index is 12.9. The SMILES string of the molecule is CCOc1cc(/C=C2\SC(=O)N(CCOc3ccccc3Cl)C2=O)cc(Br)c1OCc1ccc([N+](=O)[O-])cc1. The number of ether oxygens (including phenoxy) is 3. The molecule has 1 heterocycles. The van der Waals surface area contributed by atoms with E-state index in [1.807, 2.05) is 6.92 Å². The van der Waals surface area contributed by atoms with Crippen molar-refractivity contribution in [1.82, 2.24) is 4.90 Å². The fourth-order valence-corrected chi connectivity index (χ4v) is 5.23. The van der Waals surface area contributed by atoms with Gasteiger partial charge in [-0.15, -0.1) is 0 Å². The number of imide groups is 1. The van der Waals surface area contributed by atoms with Crippen LogP contribution in [0, 0.1) is 10.1 Å². The second-order valence-corrected chi connectivity index (χ2v) is 10.3. The number of nitro groups is 1. The molecule has 0 bridgehead atoms. The van der Waals surface area contributed by atoms with Crippen molar-refractivity contribution in [3.63, 3.8) is 0 Å². The molecule has 1 aliphatic heterocycles. The average molecular weight is 634 g/mol. The Bertz CT molecular complexity index is 1430. The van der Waals surface area contributed by atoms with Crippen LogP contribution >= 0.6 is 39.3 Å². The van der Waals surface area contributed by atoms with Gasteiger partial charge >= 0.3 is 0 Å². The van der Waals surface area contributed by atoms with Crippen molar-refractivity contribution in [3.05, 3.63) is 96.3 Å². The maximum Gasteiger partial charge on any atom is 0.293 e. The van der Waals surface area contributed by atoms with Crippen LogP contribution in [0.4, 0.5) is 10.5 Å². The smallest absolute Gasteiger partial charge is 0.293 e. The van der Waals surface area contributed by atoms with E-state index in [0.29, 0.717) is 38.9 Å². The van der Waals surface area contributed by atoms with Gasteiger partial charge in [0.05, 0.1) is 32.5 Å². The summed E-state index contributed by atoms with van der Waals surface area (Å²) in [5.41, 5.74) is 1.37. The monoisotopic (exact) mass is 632 g/mol. The number of thioether (sulfide) groups is 1. The third-order valence-electron chi connectivity index (χ3n) is 5.44. The highest BCUT2D eigenvalue weighted by Crippen LogP contribution is 2.40. The highest BCUT2D eigenvalue weighted by atomic mass is 79.9. The highest BCUT2D eigenvalue weighted by Gasteiger charge is 2.35. The predicted octanol–water partition coefficient (Wildman–Crippen LogP) is 7.10. The molecule has 12 heteroatoms. The zero-order valence-corrected chi connectivity index (χ0v) is 23.8. The molecule has 1 fully saturated rings. The fraction of sp³-hybridized carbons (Fsp3) is 0.185. The molecule has 3 aromatic rings. The molecule has 0 aromatic heterocycles. The molecule has 1 saturated heterocycles. The molecule has 3 aromatic carbocycles. The van der Waals surface area contributed by atoms with Crippen LogP contribution in [0.5, 0.6) is 17.2 Å².